The topological polar surface area (TPSA) is 50.9 Å². The first-order valence-electron chi connectivity index (χ1n) is 3.90. The van der Waals surface area contributed by atoms with E-state index in [1.165, 1.54) is 4.88 Å². The van der Waals surface area contributed by atoms with Crippen molar-refractivity contribution in [3.8, 4) is 0 Å². The molecule has 0 aliphatic carbocycles. The first kappa shape index (κ1) is 8.40. The van der Waals surface area contributed by atoms with Gasteiger partial charge in [0.05, 0.1) is 6.54 Å². The second-order valence-corrected chi connectivity index (χ2v) is 3.64. The van der Waals surface area contributed by atoms with Crippen molar-refractivity contribution >= 4 is 11.3 Å². The zero-order valence-corrected chi connectivity index (χ0v) is 7.74. The molecule has 68 valence electrons. The van der Waals surface area contributed by atoms with Gasteiger partial charge in [0.25, 0.3) is 0 Å². The van der Waals surface area contributed by atoms with Crippen LogP contribution in [-0.4, -0.2) is 19.9 Å². The van der Waals surface area contributed by atoms with E-state index in [1.54, 1.807) is 17.7 Å². The lowest BCUT2D eigenvalue weighted by atomic mass is 10.4. The number of thiophene rings is 1. The quantitative estimate of drug-likeness (QED) is 0.791. The van der Waals surface area contributed by atoms with Crippen molar-refractivity contribution in [2.45, 2.75) is 13.2 Å². The summed E-state index contributed by atoms with van der Waals surface area (Å²) in [7, 11) is 0. The van der Waals surface area contributed by atoms with Gasteiger partial charge in [-0.2, -0.15) is 0 Å². The van der Waals surface area contributed by atoms with Gasteiger partial charge in [0, 0.05) is 4.88 Å². The number of hydrogen-bond acceptors (Lipinski definition) is 4. The zero-order chi connectivity index (χ0) is 9.10. The largest absolute Gasteiger partial charge is 0.388 e. The summed E-state index contributed by atoms with van der Waals surface area (Å²) in [4.78, 5) is 1.23. The molecule has 0 saturated heterocycles. The van der Waals surface area contributed by atoms with Gasteiger partial charge < -0.3 is 9.67 Å². The van der Waals surface area contributed by atoms with Crippen LogP contribution < -0.4 is 0 Å². The molecular weight excluding hydrogens is 186 g/mol. The molecule has 0 amide bonds. The van der Waals surface area contributed by atoms with E-state index in [4.69, 9.17) is 5.11 Å². The molecule has 0 aromatic carbocycles. The molecule has 0 atom stereocenters. The minimum absolute atomic E-state index is 0.0641. The van der Waals surface area contributed by atoms with E-state index in [9.17, 15) is 0 Å². The maximum absolute atomic E-state index is 8.92. The van der Waals surface area contributed by atoms with E-state index in [0.717, 1.165) is 6.54 Å². The Morgan fingerprint density at radius 1 is 1.54 bits per heavy atom. The molecule has 0 bridgehead atoms. The van der Waals surface area contributed by atoms with Crippen molar-refractivity contribution in [2.24, 2.45) is 0 Å². The van der Waals surface area contributed by atoms with Crippen LogP contribution in [0.15, 0.2) is 23.8 Å². The molecule has 2 heterocycles. The second-order valence-electron chi connectivity index (χ2n) is 2.61. The Morgan fingerprint density at radius 2 is 2.46 bits per heavy atom. The third-order valence-electron chi connectivity index (χ3n) is 1.74. The van der Waals surface area contributed by atoms with Gasteiger partial charge in [-0.15, -0.1) is 21.5 Å². The summed E-state index contributed by atoms with van der Waals surface area (Å²) < 4.78 is 1.84. The third-order valence-corrected chi connectivity index (χ3v) is 2.60. The van der Waals surface area contributed by atoms with E-state index in [-0.39, 0.29) is 6.61 Å². The number of hydrogen-bond donors (Lipinski definition) is 1. The lowest BCUT2D eigenvalue weighted by Gasteiger charge is -2.01. The van der Waals surface area contributed by atoms with Crippen LogP contribution in [0.4, 0.5) is 0 Å². The molecule has 0 spiro atoms. The van der Waals surface area contributed by atoms with Crippen LogP contribution in [0.3, 0.4) is 0 Å². The predicted molar refractivity (Wildman–Crippen MR) is 49.4 cm³/mol. The highest BCUT2D eigenvalue weighted by Crippen LogP contribution is 2.10. The Balaban J connectivity index is 2.18. The Bertz CT molecular complexity index is 368. The fourth-order valence-corrected chi connectivity index (χ4v) is 1.81. The van der Waals surface area contributed by atoms with E-state index < -0.39 is 0 Å². The van der Waals surface area contributed by atoms with Crippen molar-refractivity contribution < 1.29 is 5.11 Å². The van der Waals surface area contributed by atoms with E-state index in [0.29, 0.717) is 5.82 Å². The van der Waals surface area contributed by atoms with Gasteiger partial charge in [-0.3, -0.25) is 0 Å². The van der Waals surface area contributed by atoms with Crippen LogP contribution >= 0.6 is 11.3 Å². The van der Waals surface area contributed by atoms with E-state index in [1.807, 2.05) is 22.1 Å². The molecule has 1 N–H and O–H groups in total. The van der Waals surface area contributed by atoms with Crippen LogP contribution in [0.5, 0.6) is 0 Å². The molecule has 0 fully saturated rings. The predicted octanol–water partition coefficient (Wildman–Crippen LogP) is 0.880. The molecule has 0 aliphatic rings. The number of nitrogens with zero attached hydrogens (tertiary/aromatic N) is 3. The monoisotopic (exact) mass is 195 g/mol. The Labute approximate surface area is 79.5 Å². The first-order chi connectivity index (χ1) is 6.40. The fraction of sp³-hybridized carbons (Fsp3) is 0.250. The maximum atomic E-state index is 8.92. The number of rotatable bonds is 3. The summed E-state index contributed by atoms with van der Waals surface area (Å²) in [6, 6.07) is 4.05. The second kappa shape index (κ2) is 3.68. The summed E-state index contributed by atoms with van der Waals surface area (Å²) in [5.41, 5.74) is 0. The maximum Gasteiger partial charge on any atom is 0.158 e. The number of aliphatic hydroxyl groups is 1. The van der Waals surface area contributed by atoms with Gasteiger partial charge >= 0.3 is 0 Å². The number of aromatic nitrogens is 3. The highest BCUT2D eigenvalue weighted by atomic mass is 32.1. The summed E-state index contributed by atoms with van der Waals surface area (Å²) in [5.74, 6) is 0.605. The van der Waals surface area contributed by atoms with Crippen molar-refractivity contribution in [3.05, 3.63) is 34.5 Å². The van der Waals surface area contributed by atoms with Gasteiger partial charge in [-0.05, 0) is 11.4 Å². The SMILES string of the molecule is OCc1nncn1Cc1cccs1. The minimum Gasteiger partial charge on any atom is -0.388 e. The van der Waals surface area contributed by atoms with Gasteiger partial charge in [-0.25, -0.2) is 0 Å². The molecule has 4 nitrogen and oxygen atoms in total. The highest BCUT2D eigenvalue weighted by molar-refractivity contribution is 7.09. The molecule has 0 saturated carbocycles. The van der Waals surface area contributed by atoms with Crippen LogP contribution in [0.25, 0.3) is 0 Å². The average molecular weight is 195 g/mol. The molecule has 0 radical (unpaired) electrons. The summed E-state index contributed by atoms with van der Waals surface area (Å²) in [6.45, 7) is 0.673. The molecule has 13 heavy (non-hydrogen) atoms. The number of aliphatic hydroxyl groups excluding tert-OH is 1. The highest BCUT2D eigenvalue weighted by Gasteiger charge is 2.02. The van der Waals surface area contributed by atoms with Crippen LogP contribution in [0.1, 0.15) is 10.7 Å². The summed E-state index contributed by atoms with van der Waals surface area (Å²) in [6.07, 6.45) is 1.63. The molecule has 2 aromatic heterocycles. The van der Waals surface area contributed by atoms with Gasteiger partial charge in [0.1, 0.15) is 12.9 Å². The van der Waals surface area contributed by atoms with Crippen molar-refractivity contribution in [1.82, 2.24) is 14.8 Å². The lowest BCUT2D eigenvalue weighted by Crippen LogP contribution is -2.02. The molecule has 5 heteroatoms. The van der Waals surface area contributed by atoms with Gasteiger partial charge in [-0.1, -0.05) is 6.07 Å². The lowest BCUT2D eigenvalue weighted by molar-refractivity contribution is 0.265. The van der Waals surface area contributed by atoms with Crippen molar-refractivity contribution in [2.75, 3.05) is 0 Å². The van der Waals surface area contributed by atoms with E-state index in [2.05, 4.69) is 10.2 Å². The molecule has 2 rings (SSSR count). The van der Waals surface area contributed by atoms with Gasteiger partial charge in [0.2, 0.25) is 0 Å². The molecule has 0 unspecified atom stereocenters. The van der Waals surface area contributed by atoms with Crippen molar-refractivity contribution in [3.63, 3.8) is 0 Å². The zero-order valence-electron chi connectivity index (χ0n) is 6.92. The Morgan fingerprint density at radius 3 is 3.15 bits per heavy atom. The molecule has 2 aromatic rings. The molecular formula is C8H9N3OS. The third kappa shape index (κ3) is 1.76. The fourth-order valence-electron chi connectivity index (χ4n) is 1.10. The Hall–Kier alpha value is -1.20. The summed E-state index contributed by atoms with van der Waals surface area (Å²) in [5, 5.41) is 18.5. The smallest absolute Gasteiger partial charge is 0.158 e. The Kier molecular flexibility index (Phi) is 2.37. The van der Waals surface area contributed by atoms with Crippen LogP contribution in [0, 0.1) is 0 Å². The average Bonchev–Trinajstić information content (AvgIpc) is 2.76. The standard InChI is InChI=1S/C8H9N3OS/c12-5-8-10-9-6-11(8)4-7-2-1-3-13-7/h1-3,6,12H,4-5H2. The minimum atomic E-state index is -0.0641. The molecule has 0 aliphatic heterocycles. The van der Waals surface area contributed by atoms with Crippen LogP contribution in [-0.2, 0) is 13.2 Å². The van der Waals surface area contributed by atoms with E-state index >= 15 is 0 Å². The van der Waals surface area contributed by atoms with Gasteiger partial charge in [0.15, 0.2) is 5.82 Å². The summed E-state index contributed by atoms with van der Waals surface area (Å²) >= 11 is 1.68. The van der Waals surface area contributed by atoms with Crippen molar-refractivity contribution in [1.29, 1.82) is 0 Å². The normalized spacial score (nSPS) is 10.5. The van der Waals surface area contributed by atoms with Crippen LogP contribution in [0.2, 0.25) is 0 Å². The first-order valence-corrected chi connectivity index (χ1v) is 4.78.